The van der Waals surface area contributed by atoms with Gasteiger partial charge in [-0.3, -0.25) is 0 Å². The summed E-state index contributed by atoms with van der Waals surface area (Å²) in [4.78, 5) is 21.6. The van der Waals surface area contributed by atoms with Crippen LogP contribution in [0.1, 0.15) is 11.5 Å². The Balaban J connectivity index is 2.42. The topological polar surface area (TPSA) is 55.4 Å². The van der Waals surface area contributed by atoms with Gasteiger partial charge in [0, 0.05) is 0 Å². The van der Waals surface area contributed by atoms with E-state index in [0.29, 0.717) is 18.1 Å². The highest BCUT2D eigenvalue weighted by atomic mass is 19.4. The third-order valence-corrected chi connectivity index (χ3v) is 2.63. The number of benzene rings is 1. The number of aldehydes is 2. The van der Waals surface area contributed by atoms with Crippen LogP contribution in [0.4, 0.5) is 18.9 Å². The van der Waals surface area contributed by atoms with Crippen molar-refractivity contribution in [3.63, 3.8) is 0 Å². The van der Waals surface area contributed by atoms with Crippen LogP contribution < -0.4 is 10.1 Å². The van der Waals surface area contributed by atoms with Gasteiger partial charge < -0.3 is 19.6 Å². The van der Waals surface area contributed by atoms with Crippen LogP contribution >= 0.6 is 0 Å². The largest absolute Gasteiger partial charge is 0.573 e. The van der Waals surface area contributed by atoms with Gasteiger partial charge in [0.15, 0.2) is 5.75 Å². The van der Waals surface area contributed by atoms with Crippen molar-refractivity contribution in [1.29, 1.82) is 0 Å². The predicted molar refractivity (Wildman–Crippen MR) is 55.4 cm³/mol. The molecule has 2 unspecified atom stereocenters. The first-order chi connectivity index (χ1) is 8.46. The fraction of sp³-hybridized carbons (Fsp3) is 0.273. The number of carbonyl (C=O) groups is 2. The van der Waals surface area contributed by atoms with Gasteiger partial charge in [-0.15, -0.1) is 13.2 Å². The average molecular weight is 259 g/mol. The molecule has 96 valence electrons. The smallest absolute Gasteiger partial charge is 0.404 e. The highest BCUT2D eigenvalue weighted by molar-refractivity contribution is 5.86. The summed E-state index contributed by atoms with van der Waals surface area (Å²) in [7, 11) is 0. The molecule has 4 nitrogen and oxygen atoms in total. The monoisotopic (exact) mass is 259 g/mol. The summed E-state index contributed by atoms with van der Waals surface area (Å²) in [5.41, 5.74) is 0.355. The number of alkyl halides is 3. The van der Waals surface area contributed by atoms with E-state index in [4.69, 9.17) is 0 Å². The van der Waals surface area contributed by atoms with E-state index in [1.165, 1.54) is 12.1 Å². The maximum Gasteiger partial charge on any atom is 0.573 e. The number of anilines is 1. The number of hydrogen-bond acceptors (Lipinski definition) is 4. The van der Waals surface area contributed by atoms with Crippen molar-refractivity contribution < 1.29 is 27.5 Å². The van der Waals surface area contributed by atoms with Crippen LogP contribution in [0.25, 0.3) is 0 Å². The number of fused-ring (bicyclic) bond motifs is 1. The number of para-hydroxylation sites is 1. The minimum absolute atomic E-state index is 0.0315. The molecule has 0 saturated carbocycles. The SMILES string of the molecule is O=CC1Nc2c(OC(F)(F)F)cccc2C1C=O. The lowest BCUT2D eigenvalue weighted by Crippen LogP contribution is -2.23. The number of ether oxygens (including phenoxy) is 1. The lowest BCUT2D eigenvalue weighted by Gasteiger charge is -2.12. The molecule has 0 aromatic heterocycles. The predicted octanol–water partition coefficient (Wildman–Crippen LogP) is 1.86. The molecule has 1 aliphatic rings. The average Bonchev–Trinajstić information content (AvgIpc) is 2.65. The van der Waals surface area contributed by atoms with Crippen molar-refractivity contribution in [1.82, 2.24) is 0 Å². The Bertz CT molecular complexity index is 487. The standard InChI is InChI=1S/C11H8F3NO3/c12-11(13,14)18-9-3-1-2-6-7(4-16)8(5-17)15-10(6)9/h1-5,7-8,15H. The Kier molecular flexibility index (Phi) is 2.98. The zero-order valence-electron chi connectivity index (χ0n) is 8.90. The van der Waals surface area contributed by atoms with E-state index >= 15 is 0 Å². The molecule has 1 heterocycles. The van der Waals surface area contributed by atoms with Crippen LogP contribution in [0.5, 0.6) is 5.75 Å². The molecule has 1 aliphatic heterocycles. The number of hydrogen-bond donors (Lipinski definition) is 1. The molecular weight excluding hydrogens is 251 g/mol. The molecule has 0 fully saturated rings. The number of carbonyl (C=O) groups excluding carboxylic acids is 2. The molecule has 2 rings (SSSR count). The summed E-state index contributed by atoms with van der Waals surface area (Å²) < 4.78 is 40.4. The molecule has 7 heteroatoms. The number of nitrogens with one attached hydrogen (secondary N) is 1. The summed E-state index contributed by atoms with van der Waals surface area (Å²) >= 11 is 0. The maximum absolute atomic E-state index is 12.2. The second-order valence-corrected chi connectivity index (χ2v) is 3.74. The fourth-order valence-corrected chi connectivity index (χ4v) is 1.92. The number of rotatable bonds is 3. The fourth-order valence-electron chi connectivity index (χ4n) is 1.92. The van der Waals surface area contributed by atoms with Gasteiger partial charge in [-0.2, -0.15) is 0 Å². The Morgan fingerprint density at radius 3 is 2.50 bits per heavy atom. The normalized spacial score (nSPS) is 21.9. The van der Waals surface area contributed by atoms with Crippen LogP contribution in [0.15, 0.2) is 18.2 Å². The molecule has 0 aliphatic carbocycles. The van der Waals surface area contributed by atoms with Crippen LogP contribution in [0.3, 0.4) is 0 Å². The zero-order valence-corrected chi connectivity index (χ0v) is 8.90. The van der Waals surface area contributed by atoms with Crippen LogP contribution in [0, 0.1) is 0 Å². The van der Waals surface area contributed by atoms with E-state index < -0.39 is 24.1 Å². The Hall–Kier alpha value is -2.05. The minimum Gasteiger partial charge on any atom is -0.404 e. The molecule has 0 spiro atoms. The van der Waals surface area contributed by atoms with Crippen molar-refractivity contribution in [3.05, 3.63) is 23.8 Å². The second kappa shape index (κ2) is 4.32. The van der Waals surface area contributed by atoms with E-state index in [0.717, 1.165) is 6.07 Å². The third kappa shape index (κ3) is 2.15. The van der Waals surface area contributed by atoms with E-state index in [1.807, 2.05) is 0 Å². The summed E-state index contributed by atoms with van der Waals surface area (Å²) in [6.07, 6.45) is -3.82. The van der Waals surface area contributed by atoms with Gasteiger partial charge >= 0.3 is 6.36 Å². The van der Waals surface area contributed by atoms with Crippen molar-refractivity contribution >= 4 is 18.3 Å². The van der Waals surface area contributed by atoms with E-state index in [9.17, 15) is 22.8 Å². The van der Waals surface area contributed by atoms with Crippen molar-refractivity contribution in [2.45, 2.75) is 18.3 Å². The first kappa shape index (κ1) is 12.4. The number of halogens is 3. The van der Waals surface area contributed by atoms with Gasteiger partial charge in [-0.1, -0.05) is 12.1 Å². The molecular formula is C11H8F3NO3. The molecule has 0 radical (unpaired) electrons. The van der Waals surface area contributed by atoms with Crippen molar-refractivity contribution in [2.24, 2.45) is 0 Å². The van der Waals surface area contributed by atoms with E-state index in [2.05, 4.69) is 10.1 Å². The summed E-state index contributed by atoms with van der Waals surface area (Å²) in [5, 5.41) is 2.55. The molecule has 2 atom stereocenters. The quantitative estimate of drug-likeness (QED) is 0.842. The van der Waals surface area contributed by atoms with Gasteiger partial charge in [-0.05, 0) is 11.6 Å². The van der Waals surface area contributed by atoms with Crippen molar-refractivity contribution in [3.8, 4) is 5.75 Å². The summed E-state index contributed by atoms with van der Waals surface area (Å²) in [6.45, 7) is 0. The second-order valence-electron chi connectivity index (χ2n) is 3.74. The van der Waals surface area contributed by atoms with Crippen LogP contribution in [-0.4, -0.2) is 25.0 Å². The Labute approximate surface area is 99.7 Å². The molecule has 0 bridgehead atoms. The van der Waals surface area contributed by atoms with Crippen LogP contribution in [-0.2, 0) is 9.59 Å². The van der Waals surface area contributed by atoms with E-state index in [1.54, 1.807) is 0 Å². The molecule has 0 amide bonds. The molecule has 18 heavy (non-hydrogen) atoms. The Morgan fingerprint density at radius 2 is 1.94 bits per heavy atom. The molecule has 1 aromatic carbocycles. The minimum atomic E-state index is -4.83. The molecule has 1 aromatic rings. The van der Waals surface area contributed by atoms with Gasteiger partial charge in [0.2, 0.25) is 0 Å². The molecule has 0 saturated heterocycles. The molecule has 1 N–H and O–H groups in total. The zero-order chi connectivity index (χ0) is 13.3. The summed E-state index contributed by atoms with van der Waals surface area (Å²) in [5.74, 6) is -1.24. The summed E-state index contributed by atoms with van der Waals surface area (Å²) in [6, 6.07) is 3.07. The first-order valence-corrected chi connectivity index (χ1v) is 5.02. The highest BCUT2D eigenvalue weighted by Crippen LogP contribution is 2.42. The Morgan fingerprint density at radius 1 is 1.22 bits per heavy atom. The highest BCUT2D eigenvalue weighted by Gasteiger charge is 2.37. The van der Waals surface area contributed by atoms with Crippen LogP contribution in [0.2, 0.25) is 0 Å². The van der Waals surface area contributed by atoms with Gasteiger partial charge in [0.25, 0.3) is 0 Å². The first-order valence-electron chi connectivity index (χ1n) is 5.02. The van der Waals surface area contributed by atoms with E-state index in [-0.39, 0.29) is 5.69 Å². The van der Waals surface area contributed by atoms with Gasteiger partial charge in [0.05, 0.1) is 17.6 Å². The maximum atomic E-state index is 12.2. The van der Waals surface area contributed by atoms with Gasteiger partial charge in [-0.25, -0.2) is 0 Å². The lowest BCUT2D eigenvalue weighted by atomic mass is 9.97. The lowest BCUT2D eigenvalue weighted by molar-refractivity contribution is -0.274. The third-order valence-electron chi connectivity index (χ3n) is 2.63. The van der Waals surface area contributed by atoms with Crippen molar-refractivity contribution in [2.75, 3.05) is 5.32 Å². The van der Waals surface area contributed by atoms with Gasteiger partial charge in [0.1, 0.15) is 12.6 Å².